The molecule has 0 bridgehead atoms. The molecule has 2 aliphatic heterocycles. The second kappa shape index (κ2) is 15.2. The number of allylic oxidation sites excluding steroid dienone is 2. The summed E-state index contributed by atoms with van der Waals surface area (Å²) >= 11 is 0. The van der Waals surface area contributed by atoms with Crippen molar-refractivity contribution in [1.29, 1.82) is 0 Å². The third-order valence-electron chi connectivity index (χ3n) is 10.8. The molecule has 0 spiro atoms. The zero-order valence-electron chi connectivity index (χ0n) is 31.0. The maximum atomic E-state index is 6.50. The molecule has 1 fully saturated rings. The molecule has 270 valence electrons. The van der Waals surface area contributed by atoms with Gasteiger partial charge in [-0.1, -0.05) is 133 Å². The molecule has 0 aliphatic carbocycles. The van der Waals surface area contributed by atoms with E-state index in [-0.39, 0.29) is 12.1 Å². The van der Waals surface area contributed by atoms with Crippen LogP contribution in [0.3, 0.4) is 0 Å². The molecule has 10 rings (SSSR count). The lowest BCUT2D eigenvalue weighted by Gasteiger charge is -2.14. The number of hydrogen-bond acceptors (Lipinski definition) is 4. The fourth-order valence-corrected chi connectivity index (χ4v) is 8.11. The molecule has 0 saturated carbocycles. The average molecular weight is 716 g/mol. The molecule has 0 radical (unpaired) electrons. The van der Waals surface area contributed by atoms with Crippen molar-refractivity contribution in [3.63, 3.8) is 0 Å². The van der Waals surface area contributed by atoms with E-state index in [2.05, 4.69) is 196 Å². The Kier molecular flexibility index (Phi) is 9.47. The minimum atomic E-state index is 0.125. The standard InChI is InChI=1S/C38H32N4.C12H13N/c39-33(38-37(41-38)25-12-3-1-4-13-25)19-11-14-27-22-26-23-36-32(24-31(26)29-17-7-9-20-34(29)40-27)30-18-8-10-21-35(30)42(36)28-15-5-2-6-16-28;1-13-9-10-6-7-11-4-2-3-5-12(11)8-10/h1-21,23-24,27,37-38,40-41H,22,39H2;2-8,13H,9H2,1H3/b14-11-,33-19-;. The number of nitrogens with two attached hydrogens (primary N) is 1. The van der Waals surface area contributed by atoms with Crippen LogP contribution in [-0.2, 0) is 13.0 Å². The molecule has 0 amide bonds. The molecule has 3 atom stereocenters. The van der Waals surface area contributed by atoms with Crippen LogP contribution < -0.4 is 21.7 Å². The third kappa shape index (κ3) is 7.04. The summed E-state index contributed by atoms with van der Waals surface area (Å²) in [5, 5.41) is 15.6. The summed E-state index contributed by atoms with van der Waals surface area (Å²) in [6.07, 6.45) is 7.28. The zero-order valence-corrected chi connectivity index (χ0v) is 31.0. The maximum Gasteiger partial charge on any atom is 0.0670 e. The van der Waals surface area contributed by atoms with Crippen molar-refractivity contribution in [3.05, 3.63) is 204 Å². The zero-order chi connectivity index (χ0) is 37.1. The Hall–Kier alpha value is -6.40. The van der Waals surface area contributed by atoms with Gasteiger partial charge in [-0.15, -0.1) is 0 Å². The Morgan fingerprint density at radius 1 is 0.709 bits per heavy atom. The number of aromatic nitrogens is 1. The molecule has 2 aliphatic rings. The van der Waals surface area contributed by atoms with Crippen molar-refractivity contribution in [2.45, 2.75) is 31.1 Å². The van der Waals surface area contributed by atoms with Gasteiger partial charge in [0.05, 0.1) is 23.1 Å². The van der Waals surface area contributed by atoms with Gasteiger partial charge in [0.2, 0.25) is 0 Å². The summed E-state index contributed by atoms with van der Waals surface area (Å²) in [6.45, 7) is 0.935. The van der Waals surface area contributed by atoms with Gasteiger partial charge in [-0.2, -0.15) is 0 Å². The number of nitrogens with zero attached hydrogens (tertiary/aromatic N) is 1. The highest BCUT2D eigenvalue weighted by molar-refractivity contribution is 6.11. The van der Waals surface area contributed by atoms with E-state index in [0.29, 0.717) is 6.04 Å². The lowest BCUT2D eigenvalue weighted by atomic mass is 9.94. The highest BCUT2D eigenvalue weighted by Crippen LogP contribution is 2.41. The number of benzene rings is 7. The van der Waals surface area contributed by atoms with Crippen LogP contribution in [0.1, 0.15) is 22.7 Å². The topological polar surface area (TPSA) is 77.0 Å². The van der Waals surface area contributed by atoms with Crippen LogP contribution in [0.5, 0.6) is 0 Å². The van der Waals surface area contributed by atoms with Crippen molar-refractivity contribution in [2.24, 2.45) is 5.73 Å². The average Bonchev–Trinajstić information content (AvgIpc) is 4.00. The Balaban J connectivity index is 0.000000258. The third-order valence-corrected chi connectivity index (χ3v) is 10.8. The van der Waals surface area contributed by atoms with Crippen LogP contribution >= 0.6 is 0 Å². The monoisotopic (exact) mass is 715 g/mol. The van der Waals surface area contributed by atoms with Crippen LogP contribution in [0, 0.1) is 0 Å². The minimum absolute atomic E-state index is 0.125. The van der Waals surface area contributed by atoms with Crippen LogP contribution in [0.15, 0.2) is 188 Å². The first-order valence-corrected chi connectivity index (χ1v) is 19.2. The van der Waals surface area contributed by atoms with Gasteiger partial charge < -0.3 is 20.9 Å². The predicted molar refractivity (Wildman–Crippen MR) is 232 cm³/mol. The lowest BCUT2D eigenvalue weighted by molar-refractivity contribution is 0.819. The van der Waals surface area contributed by atoms with E-state index in [9.17, 15) is 0 Å². The Morgan fingerprint density at radius 2 is 1.44 bits per heavy atom. The molecule has 5 N–H and O–H groups in total. The summed E-state index contributed by atoms with van der Waals surface area (Å²) in [6, 6.07) is 59.0. The summed E-state index contributed by atoms with van der Waals surface area (Å²) < 4.78 is 2.40. The maximum absolute atomic E-state index is 6.50. The van der Waals surface area contributed by atoms with Crippen LogP contribution in [0.2, 0.25) is 0 Å². The highest BCUT2D eigenvalue weighted by Gasteiger charge is 2.38. The molecule has 5 heteroatoms. The quantitative estimate of drug-likeness (QED) is 0.0979. The van der Waals surface area contributed by atoms with Crippen LogP contribution in [0.4, 0.5) is 5.69 Å². The molecule has 7 aromatic carbocycles. The van der Waals surface area contributed by atoms with Gasteiger partial charge in [-0.3, -0.25) is 5.32 Å². The Morgan fingerprint density at radius 3 is 2.27 bits per heavy atom. The molecular formula is C50H45N5. The van der Waals surface area contributed by atoms with Crippen molar-refractivity contribution in [1.82, 2.24) is 15.2 Å². The van der Waals surface area contributed by atoms with Gasteiger partial charge in [0.25, 0.3) is 0 Å². The summed E-state index contributed by atoms with van der Waals surface area (Å²) in [5.74, 6) is 0. The number of anilines is 1. The van der Waals surface area contributed by atoms with E-state index in [0.717, 1.165) is 24.4 Å². The second-order valence-electron chi connectivity index (χ2n) is 14.5. The minimum Gasteiger partial charge on any atom is -0.401 e. The number of para-hydroxylation sites is 3. The second-order valence-corrected chi connectivity index (χ2v) is 14.5. The van der Waals surface area contributed by atoms with Crippen LogP contribution in [0.25, 0.3) is 49.4 Å². The fraction of sp³-hybridized carbons (Fsp3) is 0.120. The van der Waals surface area contributed by atoms with Crippen molar-refractivity contribution in [3.8, 4) is 16.8 Å². The fourth-order valence-electron chi connectivity index (χ4n) is 8.11. The van der Waals surface area contributed by atoms with E-state index in [1.54, 1.807) is 0 Å². The molecule has 55 heavy (non-hydrogen) atoms. The molecular weight excluding hydrogens is 671 g/mol. The largest absolute Gasteiger partial charge is 0.401 e. The summed E-state index contributed by atoms with van der Waals surface area (Å²) in [4.78, 5) is 0. The normalized spacial score (nSPS) is 17.6. The first-order valence-electron chi connectivity index (χ1n) is 19.2. The van der Waals surface area contributed by atoms with E-state index in [1.807, 2.05) is 13.1 Å². The molecule has 3 unspecified atom stereocenters. The van der Waals surface area contributed by atoms with Gasteiger partial charge >= 0.3 is 0 Å². The number of hydrogen-bond donors (Lipinski definition) is 4. The van der Waals surface area contributed by atoms with Crippen molar-refractivity contribution < 1.29 is 0 Å². The first-order chi connectivity index (χ1) is 27.1. The predicted octanol–water partition coefficient (Wildman–Crippen LogP) is 10.5. The highest BCUT2D eigenvalue weighted by atomic mass is 15.2. The Bertz CT molecular complexity index is 2670. The number of fused-ring (bicyclic) bond motifs is 7. The van der Waals surface area contributed by atoms with Gasteiger partial charge in [0.15, 0.2) is 0 Å². The van der Waals surface area contributed by atoms with E-state index in [1.165, 1.54) is 66.1 Å². The first kappa shape index (κ1) is 34.4. The summed E-state index contributed by atoms with van der Waals surface area (Å²) in [7, 11) is 1.97. The lowest BCUT2D eigenvalue weighted by Crippen LogP contribution is -2.18. The molecule has 3 heterocycles. The van der Waals surface area contributed by atoms with Crippen molar-refractivity contribution in [2.75, 3.05) is 12.4 Å². The van der Waals surface area contributed by atoms with Gasteiger partial charge in [0.1, 0.15) is 0 Å². The molecule has 1 aromatic heterocycles. The van der Waals surface area contributed by atoms with E-state index in [4.69, 9.17) is 5.73 Å². The smallest absolute Gasteiger partial charge is 0.0670 e. The van der Waals surface area contributed by atoms with E-state index < -0.39 is 0 Å². The Labute approximate surface area is 322 Å². The summed E-state index contributed by atoms with van der Waals surface area (Å²) in [5.41, 5.74) is 18.6. The van der Waals surface area contributed by atoms with E-state index >= 15 is 0 Å². The number of nitrogens with one attached hydrogen (secondary N) is 3. The molecule has 5 nitrogen and oxygen atoms in total. The number of rotatable bonds is 7. The van der Waals surface area contributed by atoms with Crippen LogP contribution in [-0.4, -0.2) is 23.7 Å². The van der Waals surface area contributed by atoms with Gasteiger partial charge in [-0.25, -0.2) is 0 Å². The van der Waals surface area contributed by atoms with Gasteiger partial charge in [0, 0.05) is 46.0 Å². The molecule has 1 saturated heterocycles. The van der Waals surface area contributed by atoms with Gasteiger partial charge in [-0.05, 0) is 95.0 Å². The molecule has 8 aromatic rings. The van der Waals surface area contributed by atoms with Crippen molar-refractivity contribution >= 4 is 38.3 Å². The SMILES string of the molecule is CNCc1ccc2ccccc2c1.N/C(=C\C=C/C1Cc2cc3c(cc2-c2ccccc2N1)c1ccccc1n3-c1ccccc1)C1NC1c1ccccc1.